The number of nitrogens with zero attached hydrogens (tertiary/aromatic N) is 1. The topological polar surface area (TPSA) is 66.8 Å². The first-order chi connectivity index (χ1) is 9.78. The Morgan fingerprint density at radius 1 is 1.29 bits per heavy atom. The van der Waals surface area contributed by atoms with Crippen molar-refractivity contribution >= 4 is 12.1 Å². The van der Waals surface area contributed by atoms with Crippen molar-refractivity contribution in [2.24, 2.45) is 0 Å². The fraction of sp³-hybridized carbons (Fsp3) is 0.500. The molecule has 1 aromatic rings. The smallest absolute Gasteiger partial charge is 0.411 e. The molecule has 0 radical (unpaired) electrons. The van der Waals surface area contributed by atoms with Gasteiger partial charge in [-0.15, -0.1) is 0 Å². The molecule has 1 fully saturated rings. The minimum atomic E-state index is -1.03. The van der Waals surface area contributed by atoms with Gasteiger partial charge in [-0.2, -0.15) is 0 Å². The standard InChI is InChI=1S/C16H21NO4/c1-16(2,3)21-15(20)17(10-14(18)19)13-9-12(13)11-7-5-4-6-8-11/h4-8,12-13H,9-10H2,1-3H3,(H,18,19)/t12?,13-/m0/s1. The van der Waals surface area contributed by atoms with Crippen LogP contribution < -0.4 is 0 Å². The highest BCUT2D eigenvalue weighted by atomic mass is 16.6. The Labute approximate surface area is 124 Å². The first kappa shape index (κ1) is 15.4. The molecule has 114 valence electrons. The lowest BCUT2D eigenvalue weighted by atomic mass is 10.1. The van der Waals surface area contributed by atoms with E-state index in [0.717, 1.165) is 12.0 Å². The van der Waals surface area contributed by atoms with Crippen LogP contribution in [0.25, 0.3) is 0 Å². The van der Waals surface area contributed by atoms with E-state index in [-0.39, 0.29) is 18.5 Å². The average Bonchev–Trinajstić information content (AvgIpc) is 3.14. The van der Waals surface area contributed by atoms with E-state index in [9.17, 15) is 9.59 Å². The van der Waals surface area contributed by atoms with E-state index in [1.165, 1.54) is 4.90 Å². The summed E-state index contributed by atoms with van der Waals surface area (Å²) in [5.74, 6) is -0.836. The molecule has 0 aliphatic heterocycles. The molecule has 1 aliphatic rings. The molecular weight excluding hydrogens is 270 g/mol. The van der Waals surface area contributed by atoms with Gasteiger partial charge < -0.3 is 9.84 Å². The molecule has 1 unspecified atom stereocenters. The van der Waals surface area contributed by atoms with Crippen molar-refractivity contribution < 1.29 is 19.4 Å². The Bertz CT molecular complexity index is 521. The number of rotatable bonds is 4. The van der Waals surface area contributed by atoms with Crippen molar-refractivity contribution in [3.05, 3.63) is 35.9 Å². The molecule has 5 nitrogen and oxygen atoms in total. The van der Waals surface area contributed by atoms with E-state index >= 15 is 0 Å². The molecule has 21 heavy (non-hydrogen) atoms. The zero-order chi connectivity index (χ0) is 15.6. The highest BCUT2D eigenvalue weighted by molar-refractivity contribution is 5.77. The van der Waals surface area contributed by atoms with Gasteiger partial charge in [0.1, 0.15) is 12.1 Å². The Morgan fingerprint density at radius 3 is 2.43 bits per heavy atom. The van der Waals surface area contributed by atoms with Crippen molar-refractivity contribution in [3.63, 3.8) is 0 Å². The predicted molar refractivity (Wildman–Crippen MR) is 78.2 cm³/mol. The van der Waals surface area contributed by atoms with Gasteiger partial charge in [0.15, 0.2) is 0 Å². The third kappa shape index (κ3) is 4.21. The number of carbonyl (C=O) groups is 2. The summed E-state index contributed by atoms with van der Waals surface area (Å²) in [5.41, 5.74) is 0.492. The number of ether oxygens (including phenoxy) is 1. The molecule has 2 rings (SSSR count). The average molecular weight is 291 g/mol. The van der Waals surface area contributed by atoms with Crippen molar-refractivity contribution in [1.82, 2.24) is 4.90 Å². The number of amides is 1. The van der Waals surface area contributed by atoms with E-state index < -0.39 is 17.7 Å². The lowest BCUT2D eigenvalue weighted by Crippen LogP contribution is -2.41. The molecule has 1 amide bonds. The van der Waals surface area contributed by atoms with Gasteiger partial charge >= 0.3 is 12.1 Å². The molecule has 1 aromatic carbocycles. The Balaban J connectivity index is 2.08. The van der Waals surface area contributed by atoms with Crippen LogP contribution in [0.4, 0.5) is 4.79 Å². The van der Waals surface area contributed by atoms with E-state index in [1.807, 2.05) is 30.3 Å². The van der Waals surface area contributed by atoms with Gasteiger partial charge in [-0.1, -0.05) is 30.3 Å². The molecule has 5 heteroatoms. The summed E-state index contributed by atoms with van der Waals surface area (Å²) >= 11 is 0. The van der Waals surface area contributed by atoms with E-state index in [0.29, 0.717) is 0 Å². The maximum absolute atomic E-state index is 12.2. The van der Waals surface area contributed by atoms with Crippen LogP contribution in [-0.4, -0.2) is 40.3 Å². The number of carbonyl (C=O) groups excluding carboxylic acids is 1. The van der Waals surface area contributed by atoms with Gasteiger partial charge in [0.25, 0.3) is 0 Å². The van der Waals surface area contributed by atoms with Crippen LogP contribution in [0, 0.1) is 0 Å². The fourth-order valence-corrected chi connectivity index (χ4v) is 2.37. The molecule has 1 aliphatic carbocycles. The Morgan fingerprint density at radius 2 is 1.90 bits per heavy atom. The Hall–Kier alpha value is -2.04. The summed E-state index contributed by atoms with van der Waals surface area (Å²) in [7, 11) is 0. The fourth-order valence-electron chi connectivity index (χ4n) is 2.37. The molecule has 1 N–H and O–H groups in total. The molecule has 0 spiro atoms. The zero-order valence-electron chi connectivity index (χ0n) is 12.6. The monoisotopic (exact) mass is 291 g/mol. The second kappa shape index (κ2) is 5.76. The second-order valence-electron chi connectivity index (χ2n) is 6.32. The maximum atomic E-state index is 12.2. The summed E-state index contributed by atoms with van der Waals surface area (Å²) in [5, 5.41) is 9.02. The van der Waals surface area contributed by atoms with Gasteiger partial charge in [0, 0.05) is 12.0 Å². The summed E-state index contributed by atoms with van der Waals surface area (Å²) < 4.78 is 5.31. The molecule has 1 saturated carbocycles. The van der Waals surface area contributed by atoms with Crippen molar-refractivity contribution in [1.29, 1.82) is 0 Å². The predicted octanol–water partition coefficient (Wildman–Crippen LogP) is 2.86. The molecule has 0 bridgehead atoms. The molecule has 0 heterocycles. The minimum Gasteiger partial charge on any atom is -0.480 e. The summed E-state index contributed by atoms with van der Waals surface area (Å²) in [6.07, 6.45) is 0.213. The first-order valence-corrected chi connectivity index (χ1v) is 7.04. The van der Waals surface area contributed by atoms with Crippen molar-refractivity contribution in [2.45, 2.75) is 44.8 Å². The normalized spacial score (nSPS) is 20.7. The number of hydrogen-bond donors (Lipinski definition) is 1. The highest BCUT2D eigenvalue weighted by Crippen LogP contribution is 2.44. The van der Waals surface area contributed by atoms with Crippen LogP contribution in [0.2, 0.25) is 0 Å². The van der Waals surface area contributed by atoms with Gasteiger partial charge in [0.2, 0.25) is 0 Å². The summed E-state index contributed by atoms with van der Waals surface area (Å²) in [6.45, 7) is 4.98. The quantitative estimate of drug-likeness (QED) is 0.926. The van der Waals surface area contributed by atoms with Crippen LogP contribution in [0.5, 0.6) is 0 Å². The van der Waals surface area contributed by atoms with Crippen molar-refractivity contribution in [2.75, 3.05) is 6.54 Å². The van der Waals surface area contributed by atoms with Gasteiger partial charge in [0.05, 0.1) is 0 Å². The van der Waals surface area contributed by atoms with Gasteiger partial charge in [-0.3, -0.25) is 9.69 Å². The SMILES string of the molecule is CC(C)(C)OC(=O)N(CC(=O)O)[C@H]1CC1c1ccccc1. The molecular formula is C16H21NO4. The summed E-state index contributed by atoms with van der Waals surface area (Å²) in [4.78, 5) is 24.5. The van der Waals surface area contributed by atoms with Crippen LogP contribution in [-0.2, 0) is 9.53 Å². The third-order valence-electron chi connectivity index (χ3n) is 3.32. The molecule has 0 aromatic heterocycles. The number of carboxylic acid groups (broad SMARTS) is 1. The lowest BCUT2D eigenvalue weighted by Gasteiger charge is -2.26. The number of aliphatic carboxylic acids is 1. The van der Waals surface area contributed by atoms with Gasteiger partial charge in [-0.05, 0) is 32.8 Å². The number of benzene rings is 1. The van der Waals surface area contributed by atoms with E-state index in [1.54, 1.807) is 20.8 Å². The largest absolute Gasteiger partial charge is 0.480 e. The zero-order valence-corrected chi connectivity index (χ0v) is 12.6. The van der Waals surface area contributed by atoms with E-state index in [4.69, 9.17) is 9.84 Å². The molecule has 2 atom stereocenters. The van der Waals surface area contributed by atoms with Gasteiger partial charge in [-0.25, -0.2) is 4.79 Å². The minimum absolute atomic E-state index is 0.0988. The summed E-state index contributed by atoms with van der Waals surface area (Å²) in [6, 6.07) is 9.72. The number of hydrogen-bond acceptors (Lipinski definition) is 3. The van der Waals surface area contributed by atoms with Crippen LogP contribution >= 0.6 is 0 Å². The van der Waals surface area contributed by atoms with Crippen molar-refractivity contribution in [3.8, 4) is 0 Å². The highest BCUT2D eigenvalue weighted by Gasteiger charge is 2.46. The lowest BCUT2D eigenvalue weighted by molar-refractivity contribution is -0.138. The Kier molecular flexibility index (Phi) is 4.21. The molecule has 0 saturated heterocycles. The second-order valence-corrected chi connectivity index (χ2v) is 6.32. The van der Waals surface area contributed by atoms with Crippen LogP contribution in [0.3, 0.4) is 0 Å². The van der Waals surface area contributed by atoms with Crippen LogP contribution in [0.1, 0.15) is 38.7 Å². The third-order valence-corrected chi connectivity index (χ3v) is 3.32. The number of carboxylic acids is 1. The van der Waals surface area contributed by atoms with Crippen LogP contribution in [0.15, 0.2) is 30.3 Å². The maximum Gasteiger partial charge on any atom is 0.411 e. The van der Waals surface area contributed by atoms with E-state index in [2.05, 4.69) is 0 Å². The first-order valence-electron chi connectivity index (χ1n) is 7.04.